The van der Waals surface area contributed by atoms with Crippen molar-refractivity contribution in [2.75, 3.05) is 30.8 Å². The average molecular weight is 765 g/mol. The van der Waals surface area contributed by atoms with Gasteiger partial charge in [-0.25, -0.2) is 0 Å². The van der Waals surface area contributed by atoms with E-state index in [9.17, 15) is 0 Å². The first-order chi connectivity index (χ1) is 25.7. The van der Waals surface area contributed by atoms with E-state index in [2.05, 4.69) is 55.4 Å². The molecule has 0 saturated carbocycles. The summed E-state index contributed by atoms with van der Waals surface area (Å²) >= 11 is 0. The van der Waals surface area contributed by atoms with E-state index in [-0.39, 0.29) is 0 Å². The zero-order valence-electron chi connectivity index (χ0n) is 39.2. The van der Waals surface area contributed by atoms with Crippen molar-refractivity contribution in [3.8, 4) is 0 Å². The minimum atomic E-state index is -1.76. The second kappa shape index (κ2) is 38.0. The molecule has 0 bridgehead atoms. The van der Waals surface area contributed by atoms with Crippen LogP contribution in [0.3, 0.4) is 0 Å². The Bertz CT molecular complexity index is 633. The van der Waals surface area contributed by atoms with Crippen LogP contribution in [0.2, 0.25) is 0 Å². The van der Waals surface area contributed by atoms with Crippen LogP contribution in [0, 0.1) is 17.8 Å². The monoisotopic (exact) mass is 765 g/mol. The summed E-state index contributed by atoms with van der Waals surface area (Å²) in [6.07, 6.45) is 61.3. The van der Waals surface area contributed by atoms with E-state index in [1.807, 2.05) is 0 Å². The Morgan fingerprint density at radius 1 is 0.226 bits per heavy atom. The molecular weight excluding hydrogens is 656 g/mol. The van der Waals surface area contributed by atoms with E-state index in [0.29, 0.717) is 0 Å². The molecule has 0 amide bonds. The van der Waals surface area contributed by atoms with Gasteiger partial charge in [0.05, 0.1) is 0 Å². The quantitative estimate of drug-likeness (QED) is 0.0428. The molecule has 0 aromatic rings. The molecule has 322 valence electrons. The molecule has 0 N–H and O–H groups in total. The van der Waals surface area contributed by atoms with Gasteiger partial charge in [0.15, 0.2) is 0 Å². The summed E-state index contributed by atoms with van der Waals surface area (Å²) in [6.45, 7) is 18.3. The summed E-state index contributed by atoms with van der Waals surface area (Å²) < 4.78 is 0. The van der Waals surface area contributed by atoms with Crippen LogP contribution in [0.5, 0.6) is 0 Å². The molecular formula is C52H109P. The van der Waals surface area contributed by atoms with Crippen LogP contribution in [0.1, 0.15) is 287 Å². The van der Waals surface area contributed by atoms with Gasteiger partial charge in [-0.3, -0.25) is 0 Å². The molecule has 0 radical (unpaired) electrons. The van der Waals surface area contributed by atoms with Crippen LogP contribution in [0.4, 0.5) is 0 Å². The van der Waals surface area contributed by atoms with Gasteiger partial charge in [-0.2, -0.15) is 0 Å². The van der Waals surface area contributed by atoms with Crippen molar-refractivity contribution in [2.45, 2.75) is 287 Å². The van der Waals surface area contributed by atoms with Gasteiger partial charge < -0.3 is 0 Å². The molecule has 0 rings (SSSR count). The molecule has 0 aliphatic carbocycles. The van der Waals surface area contributed by atoms with Crippen molar-refractivity contribution in [3.05, 3.63) is 0 Å². The van der Waals surface area contributed by atoms with E-state index < -0.39 is 6.60 Å². The summed E-state index contributed by atoms with van der Waals surface area (Å²) in [6, 6.07) is 0. The van der Waals surface area contributed by atoms with Gasteiger partial charge in [-0.05, 0) is 0 Å². The van der Waals surface area contributed by atoms with E-state index in [1.54, 1.807) is 30.8 Å². The molecule has 0 aliphatic rings. The van der Waals surface area contributed by atoms with Crippen molar-refractivity contribution in [1.29, 1.82) is 0 Å². The number of hydrogen-bond donors (Lipinski definition) is 0. The van der Waals surface area contributed by atoms with E-state index in [4.69, 9.17) is 0 Å². The molecule has 53 heavy (non-hydrogen) atoms. The van der Waals surface area contributed by atoms with Crippen molar-refractivity contribution in [3.63, 3.8) is 0 Å². The molecule has 0 heterocycles. The molecule has 0 unspecified atom stereocenters. The van der Waals surface area contributed by atoms with Gasteiger partial charge in [-0.15, -0.1) is 0 Å². The van der Waals surface area contributed by atoms with Crippen LogP contribution >= 0.6 is 6.60 Å². The van der Waals surface area contributed by atoms with Gasteiger partial charge in [0, 0.05) is 0 Å². The maximum atomic E-state index is 2.56. The third kappa shape index (κ3) is 34.2. The van der Waals surface area contributed by atoms with Crippen molar-refractivity contribution in [1.82, 2.24) is 0 Å². The summed E-state index contributed by atoms with van der Waals surface area (Å²) in [5.41, 5.74) is 0. The van der Waals surface area contributed by atoms with Crippen LogP contribution in [-0.4, -0.2) is 30.8 Å². The molecule has 0 fully saturated rings. The van der Waals surface area contributed by atoms with Gasteiger partial charge in [0.25, 0.3) is 0 Å². The fraction of sp³-hybridized carbons (Fsp3) is 1.00. The third-order valence-electron chi connectivity index (χ3n) is 12.9. The Morgan fingerprint density at radius 2 is 0.377 bits per heavy atom. The zero-order chi connectivity index (χ0) is 39.2. The Labute approximate surface area is 340 Å². The number of rotatable bonds is 44. The summed E-state index contributed by atoms with van der Waals surface area (Å²) in [5.74, 6) is 2.57. The first-order valence-corrected chi connectivity index (χ1v) is 28.8. The standard InChI is InChI=1S/C52H109P/c1-9-11-13-15-17-19-21-23-25-27-29-31-33-35-37-39-41-43-45-53(47-50(3)4,48-51(5)6,49-52(7)8)46-44-42-40-38-36-34-32-30-28-26-24-22-20-18-16-14-12-10-2/h50-52H,9-49H2,1-8H3. The normalized spacial score (nSPS) is 13.2. The van der Waals surface area contributed by atoms with Gasteiger partial charge in [0.2, 0.25) is 0 Å². The topological polar surface area (TPSA) is 0 Å². The third-order valence-corrected chi connectivity index (χ3v) is 21.4. The fourth-order valence-electron chi connectivity index (χ4n) is 10.9. The number of unbranched alkanes of at least 4 members (excludes halogenated alkanes) is 34. The van der Waals surface area contributed by atoms with E-state index in [0.717, 1.165) is 17.8 Å². The Morgan fingerprint density at radius 3 is 0.528 bits per heavy atom. The molecule has 0 aromatic carbocycles. The van der Waals surface area contributed by atoms with Crippen molar-refractivity contribution in [2.24, 2.45) is 17.8 Å². The molecule has 0 saturated heterocycles. The second-order valence-electron chi connectivity index (χ2n) is 20.4. The van der Waals surface area contributed by atoms with Crippen LogP contribution in [-0.2, 0) is 0 Å². The van der Waals surface area contributed by atoms with Gasteiger partial charge in [0.1, 0.15) is 0 Å². The average Bonchev–Trinajstić information content (AvgIpc) is 3.09. The van der Waals surface area contributed by atoms with Gasteiger partial charge >= 0.3 is 238 Å². The minimum absolute atomic E-state index is 0.858. The molecule has 0 aliphatic heterocycles. The summed E-state index contributed by atoms with van der Waals surface area (Å²) in [7, 11) is 0. The predicted molar refractivity (Wildman–Crippen MR) is 253 cm³/mol. The molecule has 1 heteroatoms. The summed E-state index contributed by atoms with van der Waals surface area (Å²) in [5, 5.41) is 0. The van der Waals surface area contributed by atoms with Crippen molar-refractivity contribution >= 4 is 6.60 Å². The summed E-state index contributed by atoms with van der Waals surface area (Å²) in [4.78, 5) is 0. The maximum absolute atomic E-state index is 2.56. The fourth-order valence-corrected chi connectivity index (χ4v) is 21.1. The Kier molecular flexibility index (Phi) is 38.3. The molecule has 0 aromatic heterocycles. The molecule has 0 atom stereocenters. The molecule has 0 nitrogen and oxygen atoms in total. The van der Waals surface area contributed by atoms with Crippen LogP contribution in [0.25, 0.3) is 0 Å². The Hall–Kier alpha value is 0.430. The van der Waals surface area contributed by atoms with E-state index >= 15 is 0 Å². The first kappa shape index (κ1) is 53.4. The second-order valence-corrected chi connectivity index (χ2v) is 26.9. The van der Waals surface area contributed by atoms with Gasteiger partial charge in [-0.1, -0.05) is 104 Å². The van der Waals surface area contributed by atoms with Crippen LogP contribution < -0.4 is 0 Å². The van der Waals surface area contributed by atoms with E-state index in [1.165, 1.54) is 231 Å². The SMILES string of the molecule is CCCCCCCCCCCCCCCCCCCCP(CCCCCCCCCCCCCCCCCCCC)(CC(C)C)(CC(C)C)CC(C)C. The van der Waals surface area contributed by atoms with Crippen molar-refractivity contribution < 1.29 is 0 Å². The Balaban J connectivity index is 4.37. The molecule has 0 spiro atoms. The first-order valence-electron chi connectivity index (χ1n) is 25.7. The predicted octanol–water partition coefficient (Wildman–Crippen LogP) is 19.6. The zero-order valence-corrected chi connectivity index (χ0v) is 40.1. The van der Waals surface area contributed by atoms with Crippen LogP contribution in [0.15, 0.2) is 0 Å². The number of hydrogen-bond acceptors (Lipinski definition) is 0.